The number of benzene rings is 1. The number of allylic oxidation sites excluding steroid dienone is 1. The van der Waals surface area contributed by atoms with Gasteiger partial charge in [0.15, 0.2) is 0 Å². The summed E-state index contributed by atoms with van der Waals surface area (Å²) < 4.78 is 26.6. The lowest BCUT2D eigenvalue weighted by atomic mass is 10.2. The molecule has 1 heterocycles. The fourth-order valence-corrected chi connectivity index (χ4v) is 1.61. The van der Waals surface area contributed by atoms with Gasteiger partial charge in [0.2, 0.25) is 0 Å². The van der Waals surface area contributed by atoms with Gasteiger partial charge in [0, 0.05) is 0 Å². The van der Waals surface area contributed by atoms with Crippen molar-refractivity contribution in [2.24, 2.45) is 10.9 Å². The van der Waals surface area contributed by atoms with Gasteiger partial charge >= 0.3 is 0 Å². The summed E-state index contributed by atoms with van der Waals surface area (Å²) in [5.74, 6) is -1.41. The molecule has 1 aromatic rings. The minimum atomic E-state index is -0.624. The number of halogens is 2. The Morgan fingerprint density at radius 3 is 2.72 bits per heavy atom. The molecule has 2 rings (SSSR count). The predicted octanol–water partition coefficient (Wildman–Crippen LogP) is 2.38. The molecule has 0 fully saturated rings. The third-order valence-electron chi connectivity index (χ3n) is 2.37. The fourth-order valence-electron chi connectivity index (χ4n) is 1.61. The Morgan fingerprint density at radius 2 is 2.06 bits per heavy atom. The van der Waals surface area contributed by atoms with E-state index in [-0.39, 0.29) is 23.0 Å². The Kier molecular flexibility index (Phi) is 3.23. The number of aliphatic imine (C=N–C) groups is 1. The first-order valence-electron chi connectivity index (χ1n) is 5.54. The van der Waals surface area contributed by atoms with Crippen LogP contribution in [-0.4, -0.2) is 11.7 Å². The Hall–Kier alpha value is -2.04. The van der Waals surface area contributed by atoms with E-state index in [4.69, 9.17) is 0 Å². The molecule has 0 aliphatic carbocycles. The molecule has 0 saturated carbocycles. The van der Waals surface area contributed by atoms with Crippen LogP contribution in [0.4, 0.5) is 8.78 Å². The molecule has 0 spiro atoms. The van der Waals surface area contributed by atoms with Gasteiger partial charge in [0.05, 0.1) is 5.56 Å². The number of hydrogen-bond acceptors (Lipinski definition) is 2. The molecule has 0 bridgehead atoms. The first kappa shape index (κ1) is 12.4. The monoisotopic (exact) mass is 250 g/mol. The van der Waals surface area contributed by atoms with Crippen molar-refractivity contribution in [3.8, 4) is 0 Å². The van der Waals surface area contributed by atoms with E-state index in [1.807, 2.05) is 13.8 Å². The number of nitrogens with one attached hydrogen (secondary N) is 1. The second-order valence-electron chi connectivity index (χ2n) is 4.33. The van der Waals surface area contributed by atoms with Gasteiger partial charge in [-0.3, -0.25) is 4.79 Å². The highest BCUT2D eigenvalue weighted by atomic mass is 19.1. The zero-order valence-electron chi connectivity index (χ0n) is 10.00. The summed E-state index contributed by atoms with van der Waals surface area (Å²) in [6, 6.07) is 3.03. The van der Waals surface area contributed by atoms with E-state index >= 15 is 0 Å². The SMILES string of the molecule is CC(C)C=C1N=C(c2cc(F)ccc2F)NC1=O. The summed E-state index contributed by atoms with van der Waals surface area (Å²) in [5, 5.41) is 2.43. The number of rotatable bonds is 2. The summed E-state index contributed by atoms with van der Waals surface area (Å²) in [5.41, 5.74) is 0.180. The second kappa shape index (κ2) is 4.68. The third-order valence-corrected chi connectivity index (χ3v) is 2.37. The molecule has 18 heavy (non-hydrogen) atoms. The zero-order valence-corrected chi connectivity index (χ0v) is 10.00. The van der Waals surface area contributed by atoms with Crippen LogP contribution in [0.15, 0.2) is 35.0 Å². The highest BCUT2D eigenvalue weighted by molar-refractivity contribution is 6.18. The lowest BCUT2D eigenvalue weighted by Gasteiger charge is -2.02. The number of amides is 1. The van der Waals surface area contributed by atoms with E-state index in [1.165, 1.54) is 0 Å². The Balaban J connectivity index is 2.41. The molecule has 0 atom stereocenters. The molecule has 5 heteroatoms. The lowest BCUT2D eigenvalue weighted by molar-refractivity contribution is -0.115. The molecule has 1 aliphatic heterocycles. The minimum absolute atomic E-state index is 0.0453. The van der Waals surface area contributed by atoms with Gasteiger partial charge in [0.1, 0.15) is 23.2 Å². The van der Waals surface area contributed by atoms with Gasteiger partial charge < -0.3 is 5.32 Å². The molecule has 0 aromatic heterocycles. The summed E-state index contributed by atoms with van der Waals surface area (Å²) in [7, 11) is 0. The van der Waals surface area contributed by atoms with Crippen LogP contribution in [0.2, 0.25) is 0 Å². The maximum Gasteiger partial charge on any atom is 0.275 e. The zero-order chi connectivity index (χ0) is 13.3. The second-order valence-corrected chi connectivity index (χ2v) is 4.33. The largest absolute Gasteiger partial charge is 0.305 e. The molecular weight excluding hydrogens is 238 g/mol. The molecule has 0 radical (unpaired) electrons. The van der Waals surface area contributed by atoms with Crippen molar-refractivity contribution >= 4 is 11.7 Å². The molecule has 1 amide bonds. The van der Waals surface area contributed by atoms with Crippen LogP contribution < -0.4 is 5.32 Å². The lowest BCUT2D eigenvalue weighted by Crippen LogP contribution is -2.25. The molecular formula is C13H12F2N2O. The van der Waals surface area contributed by atoms with Gasteiger partial charge in [0.25, 0.3) is 5.91 Å². The van der Waals surface area contributed by atoms with E-state index in [0.29, 0.717) is 0 Å². The third kappa shape index (κ3) is 2.45. The number of carbonyl (C=O) groups is 1. The molecule has 3 nitrogen and oxygen atoms in total. The molecule has 1 aromatic carbocycles. The van der Waals surface area contributed by atoms with Gasteiger partial charge in [-0.15, -0.1) is 0 Å². The maximum absolute atomic E-state index is 13.5. The van der Waals surface area contributed by atoms with Crippen molar-refractivity contribution < 1.29 is 13.6 Å². The Morgan fingerprint density at radius 1 is 1.33 bits per heavy atom. The van der Waals surface area contributed by atoms with Crippen LogP contribution in [0, 0.1) is 17.6 Å². The first-order chi connectivity index (χ1) is 8.47. The van der Waals surface area contributed by atoms with Crippen LogP contribution in [0.3, 0.4) is 0 Å². The van der Waals surface area contributed by atoms with Crippen LogP contribution in [0.25, 0.3) is 0 Å². The fraction of sp³-hybridized carbons (Fsp3) is 0.231. The van der Waals surface area contributed by atoms with Gasteiger partial charge in [-0.2, -0.15) is 0 Å². The van der Waals surface area contributed by atoms with E-state index in [1.54, 1.807) is 6.08 Å². The molecule has 1 N–H and O–H groups in total. The summed E-state index contributed by atoms with van der Waals surface area (Å²) in [6.07, 6.45) is 1.67. The highest BCUT2D eigenvalue weighted by Crippen LogP contribution is 2.16. The van der Waals surface area contributed by atoms with Crippen molar-refractivity contribution in [3.05, 3.63) is 47.2 Å². The maximum atomic E-state index is 13.5. The van der Waals surface area contributed by atoms with Crippen LogP contribution >= 0.6 is 0 Å². The van der Waals surface area contributed by atoms with Crippen molar-refractivity contribution in [1.82, 2.24) is 5.32 Å². The Labute approximate surface area is 103 Å². The van der Waals surface area contributed by atoms with E-state index in [0.717, 1.165) is 18.2 Å². The molecule has 0 saturated heterocycles. The van der Waals surface area contributed by atoms with Gasteiger partial charge in [-0.05, 0) is 24.1 Å². The minimum Gasteiger partial charge on any atom is -0.305 e. The van der Waals surface area contributed by atoms with Crippen LogP contribution in [0.5, 0.6) is 0 Å². The average Bonchev–Trinajstić information content (AvgIpc) is 2.63. The summed E-state index contributed by atoms with van der Waals surface area (Å²) in [4.78, 5) is 15.6. The summed E-state index contributed by atoms with van der Waals surface area (Å²) >= 11 is 0. The van der Waals surface area contributed by atoms with Crippen LogP contribution in [0.1, 0.15) is 19.4 Å². The number of hydrogen-bond donors (Lipinski definition) is 1. The van der Waals surface area contributed by atoms with Crippen molar-refractivity contribution in [2.75, 3.05) is 0 Å². The van der Waals surface area contributed by atoms with E-state index in [9.17, 15) is 13.6 Å². The molecule has 1 aliphatic rings. The number of amidine groups is 1. The number of nitrogens with zero attached hydrogens (tertiary/aromatic N) is 1. The number of carbonyl (C=O) groups excluding carboxylic acids is 1. The van der Waals surface area contributed by atoms with Crippen molar-refractivity contribution in [1.29, 1.82) is 0 Å². The Bertz CT molecular complexity index is 562. The molecule has 0 unspecified atom stereocenters. The van der Waals surface area contributed by atoms with E-state index < -0.39 is 17.5 Å². The topological polar surface area (TPSA) is 41.5 Å². The first-order valence-corrected chi connectivity index (χ1v) is 5.54. The average molecular weight is 250 g/mol. The molecule has 94 valence electrons. The predicted molar refractivity (Wildman–Crippen MR) is 64.0 cm³/mol. The standard InChI is InChI=1S/C13H12F2N2O/c1-7(2)5-11-13(18)17-12(16-11)9-6-8(14)3-4-10(9)15/h3-7H,1-2H3,(H,16,17,18). The highest BCUT2D eigenvalue weighted by Gasteiger charge is 2.23. The normalized spacial score (nSPS) is 17.3. The van der Waals surface area contributed by atoms with Crippen molar-refractivity contribution in [3.63, 3.8) is 0 Å². The summed E-state index contributed by atoms with van der Waals surface area (Å²) in [6.45, 7) is 3.80. The quantitative estimate of drug-likeness (QED) is 0.804. The van der Waals surface area contributed by atoms with Crippen LogP contribution in [-0.2, 0) is 4.79 Å². The van der Waals surface area contributed by atoms with E-state index in [2.05, 4.69) is 10.3 Å². The van der Waals surface area contributed by atoms with Gasteiger partial charge in [-0.1, -0.05) is 19.9 Å². The van der Waals surface area contributed by atoms with Gasteiger partial charge in [-0.25, -0.2) is 13.8 Å². The smallest absolute Gasteiger partial charge is 0.275 e. The van der Waals surface area contributed by atoms with Crippen molar-refractivity contribution in [2.45, 2.75) is 13.8 Å².